The molecule has 1 heterocycles. The molecule has 8 heteroatoms. The van der Waals surface area contributed by atoms with Crippen LogP contribution in [0.4, 0.5) is 0 Å². The van der Waals surface area contributed by atoms with Gasteiger partial charge in [-0.25, -0.2) is 4.68 Å². The first-order chi connectivity index (χ1) is 14.3. The van der Waals surface area contributed by atoms with E-state index in [9.17, 15) is 14.4 Å². The van der Waals surface area contributed by atoms with Crippen LogP contribution in [0.1, 0.15) is 36.2 Å². The van der Waals surface area contributed by atoms with Gasteiger partial charge in [0.25, 0.3) is 5.91 Å². The van der Waals surface area contributed by atoms with E-state index in [0.717, 1.165) is 35.5 Å². The molecule has 0 unspecified atom stereocenters. The zero-order valence-corrected chi connectivity index (χ0v) is 17.7. The quantitative estimate of drug-likeness (QED) is 0.633. The van der Waals surface area contributed by atoms with Crippen molar-refractivity contribution < 1.29 is 19.1 Å². The molecule has 1 aliphatic carbocycles. The molecule has 1 aromatic heterocycles. The van der Waals surface area contributed by atoms with Gasteiger partial charge >= 0.3 is 5.97 Å². The number of hydrogen-bond acceptors (Lipinski definition) is 5. The number of nitrogens with one attached hydrogen (secondary N) is 1. The van der Waals surface area contributed by atoms with E-state index in [1.54, 1.807) is 0 Å². The van der Waals surface area contributed by atoms with Gasteiger partial charge in [-0.3, -0.25) is 14.4 Å². The van der Waals surface area contributed by atoms with Crippen molar-refractivity contribution in [1.29, 1.82) is 0 Å². The minimum Gasteiger partial charge on any atom is -0.456 e. The number of ether oxygens (including phenoxy) is 1. The number of hydrogen-bond donors (Lipinski definition) is 1. The molecule has 2 aromatic rings. The summed E-state index contributed by atoms with van der Waals surface area (Å²) < 4.78 is 6.97. The molecule has 1 fully saturated rings. The van der Waals surface area contributed by atoms with Crippen molar-refractivity contribution >= 4 is 17.8 Å². The van der Waals surface area contributed by atoms with E-state index in [-0.39, 0.29) is 31.5 Å². The highest BCUT2D eigenvalue weighted by Gasteiger charge is 2.24. The molecule has 0 atom stereocenters. The van der Waals surface area contributed by atoms with Gasteiger partial charge in [-0.05, 0) is 50.8 Å². The Bertz CT molecular complexity index is 919. The topological polar surface area (TPSA) is 93.5 Å². The third-order valence-electron chi connectivity index (χ3n) is 5.13. The van der Waals surface area contributed by atoms with Crippen molar-refractivity contribution in [3.05, 3.63) is 47.3 Å². The smallest absolute Gasteiger partial charge is 0.306 e. The first-order valence-electron chi connectivity index (χ1n) is 10.1. The summed E-state index contributed by atoms with van der Waals surface area (Å²) in [5.74, 6) is -1.05. The van der Waals surface area contributed by atoms with Gasteiger partial charge in [0, 0.05) is 25.2 Å². The van der Waals surface area contributed by atoms with Crippen LogP contribution in [0.15, 0.2) is 30.3 Å². The lowest BCUT2D eigenvalue weighted by molar-refractivity contribution is -0.151. The van der Waals surface area contributed by atoms with Crippen molar-refractivity contribution in [3.63, 3.8) is 0 Å². The van der Waals surface area contributed by atoms with Crippen LogP contribution < -0.4 is 5.32 Å². The van der Waals surface area contributed by atoms with Gasteiger partial charge in [-0.2, -0.15) is 5.10 Å². The summed E-state index contributed by atoms with van der Waals surface area (Å²) in [6.07, 6.45) is 2.62. The van der Waals surface area contributed by atoms with Crippen LogP contribution >= 0.6 is 0 Å². The second kappa shape index (κ2) is 9.56. The van der Waals surface area contributed by atoms with Gasteiger partial charge in [0.1, 0.15) is 0 Å². The molecule has 1 saturated carbocycles. The third kappa shape index (κ3) is 5.68. The highest BCUT2D eigenvalue weighted by atomic mass is 16.5. The number of aromatic nitrogens is 2. The Hall–Kier alpha value is -3.16. The fraction of sp³-hybridized carbons (Fsp3) is 0.455. The summed E-state index contributed by atoms with van der Waals surface area (Å²) in [5.41, 5.74) is 3.80. The molecular weight excluding hydrogens is 384 g/mol. The maximum Gasteiger partial charge on any atom is 0.306 e. The first kappa shape index (κ1) is 21.5. The van der Waals surface area contributed by atoms with Gasteiger partial charge in [-0.15, -0.1) is 0 Å². The van der Waals surface area contributed by atoms with Crippen LogP contribution in [-0.2, 0) is 25.5 Å². The number of amides is 2. The number of para-hydroxylation sites is 1. The van der Waals surface area contributed by atoms with E-state index in [1.807, 2.05) is 48.9 Å². The molecule has 0 aliphatic heterocycles. The van der Waals surface area contributed by atoms with E-state index in [2.05, 4.69) is 10.4 Å². The van der Waals surface area contributed by atoms with Crippen molar-refractivity contribution in [1.82, 2.24) is 20.0 Å². The van der Waals surface area contributed by atoms with Gasteiger partial charge in [0.2, 0.25) is 5.91 Å². The molecule has 1 aromatic carbocycles. The van der Waals surface area contributed by atoms with E-state index < -0.39 is 11.9 Å². The number of likely N-dealkylation sites (N-methyl/N-ethyl adjacent to an activating group) is 1. The molecule has 0 spiro atoms. The number of benzene rings is 1. The van der Waals surface area contributed by atoms with E-state index in [1.165, 1.54) is 11.9 Å². The Balaban J connectivity index is 1.46. The Morgan fingerprint density at radius 1 is 1.20 bits per heavy atom. The molecule has 0 bridgehead atoms. The predicted molar refractivity (Wildman–Crippen MR) is 111 cm³/mol. The largest absolute Gasteiger partial charge is 0.456 e. The second-order valence-corrected chi connectivity index (χ2v) is 7.65. The second-order valence-electron chi connectivity index (χ2n) is 7.65. The Morgan fingerprint density at radius 2 is 1.90 bits per heavy atom. The monoisotopic (exact) mass is 412 g/mol. The van der Waals surface area contributed by atoms with E-state index in [0.29, 0.717) is 6.42 Å². The summed E-state index contributed by atoms with van der Waals surface area (Å²) in [6.45, 7) is 3.48. The molecular formula is C22H28N4O4. The van der Waals surface area contributed by atoms with E-state index in [4.69, 9.17) is 4.74 Å². The molecule has 0 saturated heterocycles. The number of rotatable bonds is 9. The molecule has 0 radical (unpaired) electrons. The highest BCUT2D eigenvalue weighted by Crippen LogP contribution is 2.19. The number of carbonyl (C=O) groups excluding carboxylic acids is 3. The zero-order chi connectivity index (χ0) is 21.7. The van der Waals surface area contributed by atoms with Crippen molar-refractivity contribution in [3.8, 4) is 5.69 Å². The normalized spacial score (nSPS) is 13.0. The number of carbonyl (C=O) groups is 3. The van der Waals surface area contributed by atoms with Crippen LogP contribution in [0.2, 0.25) is 0 Å². The minimum absolute atomic E-state index is 0.0378. The van der Waals surface area contributed by atoms with Crippen molar-refractivity contribution in [2.45, 2.75) is 45.6 Å². The summed E-state index contributed by atoms with van der Waals surface area (Å²) in [6, 6.07) is 10.1. The Labute approximate surface area is 176 Å². The van der Waals surface area contributed by atoms with Gasteiger partial charge < -0.3 is 15.0 Å². The molecule has 30 heavy (non-hydrogen) atoms. The Kier molecular flexibility index (Phi) is 6.87. The summed E-state index contributed by atoms with van der Waals surface area (Å²) in [4.78, 5) is 37.2. The standard InChI is InChI=1S/C22H28N4O4/c1-15-19(16(2)26(24-15)18-7-5-4-6-8-18)11-12-22(29)30-14-21(28)25(3)13-20(27)23-17-9-10-17/h4-8,17H,9-14H2,1-3H3,(H,23,27). The van der Waals surface area contributed by atoms with Crippen LogP contribution in [0.25, 0.3) is 5.69 Å². The van der Waals surface area contributed by atoms with Crippen molar-refractivity contribution in [2.75, 3.05) is 20.2 Å². The number of aryl methyl sites for hydroxylation is 1. The average molecular weight is 412 g/mol. The maximum atomic E-state index is 12.1. The van der Waals surface area contributed by atoms with Crippen LogP contribution in [0.3, 0.4) is 0 Å². The predicted octanol–water partition coefficient (Wildman–Crippen LogP) is 1.70. The SMILES string of the molecule is Cc1nn(-c2ccccc2)c(C)c1CCC(=O)OCC(=O)N(C)CC(=O)NC1CC1. The molecule has 3 rings (SSSR count). The van der Waals surface area contributed by atoms with Crippen LogP contribution in [-0.4, -0.2) is 58.7 Å². The maximum absolute atomic E-state index is 12.1. The lowest BCUT2D eigenvalue weighted by Gasteiger charge is -2.16. The first-order valence-corrected chi connectivity index (χ1v) is 10.1. The molecule has 160 valence electrons. The average Bonchev–Trinajstić information content (AvgIpc) is 3.49. The van der Waals surface area contributed by atoms with Crippen LogP contribution in [0, 0.1) is 13.8 Å². The zero-order valence-electron chi connectivity index (χ0n) is 17.7. The fourth-order valence-electron chi connectivity index (χ4n) is 3.21. The minimum atomic E-state index is -0.453. The van der Waals surface area contributed by atoms with Gasteiger partial charge in [0.15, 0.2) is 6.61 Å². The molecule has 2 amide bonds. The molecule has 8 nitrogen and oxygen atoms in total. The summed E-state index contributed by atoms with van der Waals surface area (Å²) >= 11 is 0. The van der Waals surface area contributed by atoms with E-state index >= 15 is 0 Å². The summed E-state index contributed by atoms with van der Waals surface area (Å²) in [5, 5.41) is 7.39. The number of nitrogens with zero attached hydrogens (tertiary/aromatic N) is 3. The lowest BCUT2D eigenvalue weighted by atomic mass is 10.1. The number of esters is 1. The fourth-order valence-corrected chi connectivity index (χ4v) is 3.21. The molecule has 1 aliphatic rings. The highest BCUT2D eigenvalue weighted by molar-refractivity contribution is 5.86. The summed E-state index contributed by atoms with van der Waals surface area (Å²) in [7, 11) is 1.52. The van der Waals surface area contributed by atoms with Gasteiger partial charge in [-0.1, -0.05) is 18.2 Å². The third-order valence-corrected chi connectivity index (χ3v) is 5.13. The Morgan fingerprint density at radius 3 is 2.57 bits per heavy atom. The van der Waals surface area contributed by atoms with Gasteiger partial charge in [0.05, 0.1) is 17.9 Å². The lowest BCUT2D eigenvalue weighted by Crippen LogP contribution is -2.40. The van der Waals surface area contributed by atoms with Crippen molar-refractivity contribution in [2.24, 2.45) is 0 Å². The van der Waals surface area contributed by atoms with Crippen LogP contribution in [0.5, 0.6) is 0 Å². The molecule has 1 N–H and O–H groups in total.